The van der Waals surface area contributed by atoms with Crippen LogP contribution in [0.3, 0.4) is 0 Å². The molecule has 168 valence electrons. The van der Waals surface area contributed by atoms with Gasteiger partial charge in [0.15, 0.2) is 5.82 Å². The Balaban J connectivity index is 1.27. The summed E-state index contributed by atoms with van der Waals surface area (Å²) in [5.41, 5.74) is 7.60. The lowest BCUT2D eigenvalue weighted by Gasteiger charge is -2.28. The summed E-state index contributed by atoms with van der Waals surface area (Å²) in [5.74, 6) is 0.0939. The molecular weight excluding hydrogens is 419 g/mol. The van der Waals surface area contributed by atoms with Gasteiger partial charge in [-0.15, -0.1) is 0 Å². The van der Waals surface area contributed by atoms with Crippen molar-refractivity contribution < 1.29 is 13.9 Å². The first-order valence-electron chi connectivity index (χ1n) is 11.1. The molecule has 1 aromatic heterocycles. The van der Waals surface area contributed by atoms with Crippen LogP contribution in [0, 0.1) is 12.7 Å². The molecule has 0 atom stereocenters. The predicted octanol–water partition coefficient (Wildman–Crippen LogP) is 4.06. The van der Waals surface area contributed by atoms with Crippen molar-refractivity contribution in [2.45, 2.75) is 39.5 Å². The van der Waals surface area contributed by atoms with E-state index in [0.29, 0.717) is 23.6 Å². The average molecular weight is 445 g/mol. The van der Waals surface area contributed by atoms with Crippen LogP contribution in [-0.4, -0.2) is 40.6 Å². The first-order valence-corrected chi connectivity index (χ1v) is 11.1. The van der Waals surface area contributed by atoms with Crippen LogP contribution in [0.2, 0.25) is 0 Å². The number of aliphatic imine (C=N–C) groups is 1. The minimum Gasteiger partial charge on any atom is -0.457 e. The SMILES string of the molecule is C=NCc1cc(-c2ncc3c(n2)CCN(CCc2ccc4c(c2C)COC4=O)C3)ccc1F. The molecule has 2 aromatic carbocycles. The Morgan fingerprint density at radius 1 is 1.24 bits per heavy atom. The van der Waals surface area contributed by atoms with Gasteiger partial charge in [0.25, 0.3) is 0 Å². The van der Waals surface area contributed by atoms with E-state index in [-0.39, 0.29) is 18.3 Å². The van der Waals surface area contributed by atoms with Crippen molar-refractivity contribution in [1.82, 2.24) is 14.9 Å². The average Bonchev–Trinajstić information content (AvgIpc) is 3.21. The highest BCUT2D eigenvalue weighted by Gasteiger charge is 2.24. The molecule has 2 aliphatic heterocycles. The number of esters is 1. The Labute approximate surface area is 192 Å². The molecular formula is C26H25FN4O2. The summed E-state index contributed by atoms with van der Waals surface area (Å²) in [4.78, 5) is 27.3. The van der Waals surface area contributed by atoms with Gasteiger partial charge in [-0.05, 0) is 55.5 Å². The van der Waals surface area contributed by atoms with Gasteiger partial charge in [0.1, 0.15) is 12.4 Å². The van der Waals surface area contributed by atoms with Gasteiger partial charge < -0.3 is 4.74 Å². The molecule has 0 spiro atoms. The largest absolute Gasteiger partial charge is 0.457 e. The molecule has 2 aliphatic rings. The van der Waals surface area contributed by atoms with Crippen LogP contribution in [-0.2, 0) is 37.3 Å². The highest BCUT2D eigenvalue weighted by molar-refractivity contribution is 5.93. The third kappa shape index (κ3) is 4.16. The standard InChI is InChI=1S/C26H25FN4O2/c1-16-17(3-5-21-22(16)15-33-26(21)32)7-9-31-10-8-24-20(14-31)13-29-25(30-24)18-4-6-23(27)19(11-18)12-28-2/h3-6,11,13H,2,7-10,12,14-15H2,1H3. The summed E-state index contributed by atoms with van der Waals surface area (Å²) in [5, 5.41) is 0. The van der Waals surface area contributed by atoms with Gasteiger partial charge in [-0.25, -0.2) is 19.2 Å². The number of carbonyl (C=O) groups excluding carboxylic acids is 1. The topological polar surface area (TPSA) is 67.7 Å². The minimum absolute atomic E-state index is 0.221. The molecule has 5 rings (SSSR count). The second-order valence-corrected chi connectivity index (χ2v) is 8.58. The number of aromatic nitrogens is 2. The number of nitrogens with zero attached hydrogens (tertiary/aromatic N) is 4. The monoisotopic (exact) mass is 444 g/mol. The number of benzene rings is 2. The summed E-state index contributed by atoms with van der Waals surface area (Å²) >= 11 is 0. The second kappa shape index (κ2) is 8.83. The third-order valence-corrected chi connectivity index (χ3v) is 6.57. The molecule has 3 aromatic rings. The summed E-state index contributed by atoms with van der Waals surface area (Å²) < 4.78 is 19.1. The minimum atomic E-state index is -0.294. The molecule has 0 N–H and O–H groups in total. The lowest BCUT2D eigenvalue weighted by molar-refractivity contribution is 0.0535. The highest BCUT2D eigenvalue weighted by Crippen LogP contribution is 2.27. The maximum Gasteiger partial charge on any atom is 0.338 e. The predicted molar refractivity (Wildman–Crippen MR) is 124 cm³/mol. The number of ether oxygens (including phenoxy) is 1. The summed E-state index contributed by atoms with van der Waals surface area (Å²) in [7, 11) is 0. The molecule has 0 fully saturated rings. The lowest BCUT2D eigenvalue weighted by atomic mass is 9.96. The maximum atomic E-state index is 13.9. The Bertz CT molecular complexity index is 1260. The van der Waals surface area contributed by atoms with Crippen LogP contribution >= 0.6 is 0 Å². The van der Waals surface area contributed by atoms with E-state index in [1.54, 1.807) is 12.1 Å². The Morgan fingerprint density at radius 3 is 2.97 bits per heavy atom. The van der Waals surface area contributed by atoms with Gasteiger partial charge in [-0.3, -0.25) is 9.89 Å². The van der Waals surface area contributed by atoms with Gasteiger partial charge in [0.05, 0.1) is 17.8 Å². The number of rotatable bonds is 6. The number of hydrogen-bond donors (Lipinski definition) is 0. The second-order valence-electron chi connectivity index (χ2n) is 8.58. The maximum absolute atomic E-state index is 13.9. The zero-order valence-corrected chi connectivity index (χ0v) is 18.6. The van der Waals surface area contributed by atoms with Crippen molar-refractivity contribution in [3.05, 3.63) is 81.4 Å². The van der Waals surface area contributed by atoms with Crippen molar-refractivity contribution in [3.63, 3.8) is 0 Å². The first kappa shape index (κ1) is 21.4. The van der Waals surface area contributed by atoms with E-state index in [1.807, 2.05) is 18.3 Å². The molecule has 0 radical (unpaired) electrons. The number of hydrogen-bond acceptors (Lipinski definition) is 6. The summed E-state index contributed by atoms with van der Waals surface area (Å²) in [6, 6.07) is 8.82. The van der Waals surface area contributed by atoms with E-state index in [1.165, 1.54) is 11.6 Å². The fourth-order valence-electron chi connectivity index (χ4n) is 4.61. The fraction of sp³-hybridized carbons (Fsp3) is 0.308. The number of halogens is 1. The summed E-state index contributed by atoms with van der Waals surface area (Å²) in [6.07, 6.45) is 3.65. The van der Waals surface area contributed by atoms with Crippen molar-refractivity contribution in [2.75, 3.05) is 13.1 Å². The van der Waals surface area contributed by atoms with Crippen LogP contribution in [0.4, 0.5) is 4.39 Å². The van der Waals surface area contributed by atoms with Crippen LogP contribution in [0.5, 0.6) is 0 Å². The molecule has 0 amide bonds. The molecule has 0 unspecified atom stereocenters. The zero-order chi connectivity index (χ0) is 22.9. The quantitative estimate of drug-likeness (QED) is 0.424. The van der Waals surface area contributed by atoms with Gasteiger partial charge in [0, 0.05) is 54.5 Å². The molecule has 0 aliphatic carbocycles. The Hall–Kier alpha value is -3.45. The van der Waals surface area contributed by atoms with Gasteiger partial charge in [-0.2, -0.15) is 0 Å². The number of fused-ring (bicyclic) bond motifs is 2. The van der Waals surface area contributed by atoms with Gasteiger partial charge >= 0.3 is 5.97 Å². The van der Waals surface area contributed by atoms with E-state index < -0.39 is 0 Å². The van der Waals surface area contributed by atoms with Crippen molar-refractivity contribution in [1.29, 1.82) is 0 Å². The van der Waals surface area contributed by atoms with Crippen molar-refractivity contribution in [2.24, 2.45) is 4.99 Å². The lowest BCUT2D eigenvalue weighted by Crippen LogP contribution is -2.33. The van der Waals surface area contributed by atoms with Crippen molar-refractivity contribution >= 4 is 12.7 Å². The smallest absolute Gasteiger partial charge is 0.338 e. The normalized spacial score (nSPS) is 15.2. The van der Waals surface area contributed by atoms with Crippen LogP contribution in [0.1, 0.15) is 43.9 Å². The Morgan fingerprint density at radius 2 is 2.12 bits per heavy atom. The van der Waals surface area contributed by atoms with E-state index in [2.05, 4.69) is 28.5 Å². The molecule has 0 saturated heterocycles. The zero-order valence-electron chi connectivity index (χ0n) is 18.6. The van der Waals surface area contributed by atoms with E-state index >= 15 is 0 Å². The molecule has 7 heteroatoms. The molecule has 6 nitrogen and oxygen atoms in total. The molecule has 0 bridgehead atoms. The van der Waals surface area contributed by atoms with E-state index in [4.69, 9.17) is 9.72 Å². The van der Waals surface area contributed by atoms with Crippen LogP contribution < -0.4 is 0 Å². The fourth-order valence-corrected chi connectivity index (χ4v) is 4.61. The van der Waals surface area contributed by atoms with E-state index in [0.717, 1.165) is 60.4 Å². The number of carbonyl (C=O) groups is 1. The highest BCUT2D eigenvalue weighted by atomic mass is 19.1. The van der Waals surface area contributed by atoms with Crippen LogP contribution in [0.15, 0.2) is 41.5 Å². The van der Waals surface area contributed by atoms with Gasteiger partial charge in [-0.1, -0.05) is 6.07 Å². The van der Waals surface area contributed by atoms with E-state index in [9.17, 15) is 9.18 Å². The molecule has 33 heavy (non-hydrogen) atoms. The Kier molecular flexibility index (Phi) is 5.72. The first-order chi connectivity index (χ1) is 16.0. The van der Waals surface area contributed by atoms with Crippen LogP contribution in [0.25, 0.3) is 11.4 Å². The number of cyclic esters (lactones) is 1. The molecule has 0 saturated carbocycles. The third-order valence-electron chi connectivity index (χ3n) is 6.57. The molecule has 3 heterocycles. The van der Waals surface area contributed by atoms with Crippen molar-refractivity contribution in [3.8, 4) is 11.4 Å². The van der Waals surface area contributed by atoms with Gasteiger partial charge in [0.2, 0.25) is 0 Å². The summed E-state index contributed by atoms with van der Waals surface area (Å²) in [6.45, 7) is 8.77.